The molecule has 0 N–H and O–H groups in total. The molecule has 0 unspecified atom stereocenters. The van der Waals surface area contributed by atoms with E-state index in [4.69, 9.17) is 14.4 Å². The summed E-state index contributed by atoms with van der Waals surface area (Å²) in [6.07, 6.45) is 1.84. The number of fused-ring (bicyclic) bond motifs is 3. The van der Waals surface area contributed by atoms with Crippen LogP contribution in [0.2, 0.25) is 0 Å². The normalized spacial score (nSPS) is 10.7. The molecule has 0 atom stereocenters. The lowest BCUT2D eigenvalue weighted by Gasteiger charge is -2.05. The van der Waals surface area contributed by atoms with Gasteiger partial charge >= 0.3 is 0 Å². The van der Waals surface area contributed by atoms with E-state index in [-0.39, 0.29) is 0 Å². The molecule has 0 aliphatic carbocycles. The highest BCUT2D eigenvalue weighted by Gasteiger charge is 2.14. The van der Waals surface area contributed by atoms with Crippen LogP contribution in [-0.4, -0.2) is 9.97 Å². The maximum atomic E-state index is 8.70. The predicted octanol–water partition coefficient (Wildman–Crippen LogP) is 4.23. The molecule has 0 saturated heterocycles. The van der Waals surface area contributed by atoms with Crippen LogP contribution in [0.15, 0.2) is 59.3 Å². The Kier molecular flexibility index (Phi) is 3.13. The first-order valence-electron chi connectivity index (χ1n) is 7.11. The van der Waals surface area contributed by atoms with Crippen LogP contribution in [0.3, 0.4) is 0 Å². The number of nitriles is 1. The van der Waals surface area contributed by atoms with Crippen molar-refractivity contribution in [2.45, 2.75) is 6.42 Å². The van der Waals surface area contributed by atoms with Crippen molar-refractivity contribution in [1.29, 1.82) is 5.26 Å². The summed E-state index contributed by atoms with van der Waals surface area (Å²) >= 11 is 0. The number of nitrogens with zero attached hydrogens (tertiary/aromatic N) is 3. The Labute approximate surface area is 131 Å². The van der Waals surface area contributed by atoms with E-state index < -0.39 is 0 Å². The van der Waals surface area contributed by atoms with E-state index in [1.807, 2.05) is 48.5 Å². The van der Waals surface area contributed by atoms with Crippen molar-refractivity contribution in [3.8, 4) is 17.7 Å². The van der Waals surface area contributed by atoms with E-state index in [1.54, 1.807) is 0 Å². The molecule has 0 saturated carbocycles. The summed E-state index contributed by atoms with van der Waals surface area (Å²) in [5, 5.41) is 9.63. The third-order valence-corrected chi connectivity index (χ3v) is 3.55. The molecule has 2 aromatic heterocycles. The first kappa shape index (κ1) is 13.3. The number of rotatable bonds is 3. The van der Waals surface area contributed by atoms with Crippen molar-refractivity contribution in [2.75, 3.05) is 0 Å². The van der Waals surface area contributed by atoms with Crippen molar-refractivity contribution in [3.63, 3.8) is 0 Å². The first-order chi connectivity index (χ1) is 11.3. The molecule has 5 heteroatoms. The lowest BCUT2D eigenvalue weighted by molar-refractivity contribution is 0.456. The van der Waals surface area contributed by atoms with E-state index in [0.29, 0.717) is 23.6 Å². The predicted molar refractivity (Wildman–Crippen MR) is 85.1 cm³/mol. The van der Waals surface area contributed by atoms with Crippen LogP contribution in [0, 0.1) is 11.3 Å². The van der Waals surface area contributed by atoms with Crippen molar-refractivity contribution in [2.24, 2.45) is 0 Å². The number of furan rings is 1. The Morgan fingerprint density at radius 2 is 1.87 bits per heavy atom. The van der Waals surface area contributed by atoms with Gasteiger partial charge in [0.2, 0.25) is 5.58 Å². The summed E-state index contributed by atoms with van der Waals surface area (Å²) < 4.78 is 11.7. The van der Waals surface area contributed by atoms with Crippen LogP contribution in [0.1, 0.15) is 5.56 Å². The maximum Gasteiger partial charge on any atom is 0.267 e. The van der Waals surface area contributed by atoms with E-state index in [2.05, 4.69) is 16.0 Å². The Balaban J connectivity index is 1.75. The van der Waals surface area contributed by atoms with Crippen molar-refractivity contribution >= 4 is 22.1 Å². The average molecular weight is 301 g/mol. The molecule has 4 aromatic rings. The van der Waals surface area contributed by atoms with Gasteiger partial charge in [-0.15, -0.1) is 0 Å². The largest absolute Gasteiger partial charge is 0.449 e. The average Bonchev–Trinajstić information content (AvgIpc) is 2.97. The summed E-state index contributed by atoms with van der Waals surface area (Å²) in [4.78, 5) is 8.47. The topological polar surface area (TPSA) is 71.9 Å². The number of aromatic nitrogens is 2. The van der Waals surface area contributed by atoms with Gasteiger partial charge < -0.3 is 9.15 Å². The maximum absolute atomic E-state index is 8.70. The van der Waals surface area contributed by atoms with Gasteiger partial charge in [-0.25, -0.2) is 4.98 Å². The Hall–Kier alpha value is -3.39. The van der Waals surface area contributed by atoms with Gasteiger partial charge in [-0.1, -0.05) is 24.3 Å². The fourth-order valence-corrected chi connectivity index (χ4v) is 2.45. The third kappa shape index (κ3) is 2.36. The molecule has 0 spiro atoms. The lowest BCUT2D eigenvalue weighted by atomic mass is 10.2. The molecular formula is C18H11N3O2. The molecule has 2 aromatic carbocycles. The van der Waals surface area contributed by atoms with Gasteiger partial charge in [-0.05, 0) is 29.8 Å². The summed E-state index contributed by atoms with van der Waals surface area (Å²) in [7, 11) is 0. The zero-order chi connectivity index (χ0) is 15.6. The number of para-hydroxylation sites is 1. The van der Waals surface area contributed by atoms with Crippen LogP contribution in [0.25, 0.3) is 22.1 Å². The Morgan fingerprint density at radius 1 is 1.04 bits per heavy atom. The minimum atomic E-state index is 0.374. The Morgan fingerprint density at radius 3 is 2.70 bits per heavy atom. The van der Waals surface area contributed by atoms with Gasteiger partial charge in [0.25, 0.3) is 5.88 Å². The fraction of sp³-hybridized carbons (Fsp3) is 0.0556. The minimum absolute atomic E-state index is 0.374. The van der Waals surface area contributed by atoms with Gasteiger partial charge in [-0.2, -0.15) is 10.2 Å². The standard InChI is InChI=1S/C18H11N3O2/c19-10-9-12-5-7-13(8-6-12)22-18-17-16(20-11-21-18)14-3-1-2-4-15(14)23-17/h1-8,11H,9H2. The van der Waals surface area contributed by atoms with Crippen molar-refractivity contribution in [3.05, 3.63) is 60.4 Å². The summed E-state index contributed by atoms with van der Waals surface area (Å²) in [6.45, 7) is 0. The molecule has 0 radical (unpaired) electrons. The molecule has 0 bridgehead atoms. The fourth-order valence-electron chi connectivity index (χ4n) is 2.45. The molecule has 2 heterocycles. The molecule has 110 valence electrons. The molecule has 0 amide bonds. The number of hydrogen-bond donors (Lipinski definition) is 0. The van der Waals surface area contributed by atoms with Gasteiger partial charge in [0.05, 0.1) is 12.5 Å². The highest BCUT2D eigenvalue weighted by molar-refractivity contribution is 6.03. The highest BCUT2D eigenvalue weighted by atomic mass is 16.5. The van der Waals surface area contributed by atoms with Gasteiger partial charge in [0.1, 0.15) is 23.2 Å². The van der Waals surface area contributed by atoms with E-state index >= 15 is 0 Å². The quantitative estimate of drug-likeness (QED) is 0.566. The van der Waals surface area contributed by atoms with E-state index in [0.717, 1.165) is 22.0 Å². The summed E-state index contributed by atoms with van der Waals surface area (Å²) in [5.41, 5.74) is 2.94. The minimum Gasteiger partial charge on any atom is -0.449 e. The molecule has 0 aliphatic heterocycles. The highest BCUT2D eigenvalue weighted by Crippen LogP contribution is 2.33. The molecule has 5 nitrogen and oxygen atoms in total. The molecule has 0 fully saturated rings. The SMILES string of the molecule is N#CCc1ccc(Oc2ncnc3c2oc2ccccc23)cc1. The van der Waals surface area contributed by atoms with Crippen LogP contribution < -0.4 is 4.74 Å². The second kappa shape index (κ2) is 5.43. The zero-order valence-corrected chi connectivity index (χ0v) is 12.1. The van der Waals surface area contributed by atoms with Crippen molar-refractivity contribution in [1.82, 2.24) is 9.97 Å². The summed E-state index contributed by atoms with van der Waals surface area (Å²) in [6, 6.07) is 17.1. The Bertz CT molecular complexity index is 1030. The van der Waals surface area contributed by atoms with Crippen LogP contribution in [-0.2, 0) is 6.42 Å². The van der Waals surface area contributed by atoms with E-state index in [1.165, 1.54) is 6.33 Å². The van der Waals surface area contributed by atoms with Crippen molar-refractivity contribution < 1.29 is 9.15 Å². The number of benzene rings is 2. The second-order valence-electron chi connectivity index (χ2n) is 5.04. The molecular weight excluding hydrogens is 290 g/mol. The molecule has 4 rings (SSSR count). The van der Waals surface area contributed by atoms with Gasteiger partial charge in [0, 0.05) is 5.39 Å². The smallest absolute Gasteiger partial charge is 0.267 e. The van der Waals surface area contributed by atoms with Gasteiger partial charge in [-0.3, -0.25) is 0 Å². The first-order valence-corrected chi connectivity index (χ1v) is 7.11. The monoisotopic (exact) mass is 301 g/mol. The number of ether oxygens (including phenoxy) is 1. The molecule has 0 aliphatic rings. The lowest BCUT2D eigenvalue weighted by Crippen LogP contribution is -1.90. The van der Waals surface area contributed by atoms with Crippen LogP contribution >= 0.6 is 0 Å². The van der Waals surface area contributed by atoms with Gasteiger partial charge in [0.15, 0.2) is 0 Å². The third-order valence-electron chi connectivity index (χ3n) is 3.55. The second-order valence-corrected chi connectivity index (χ2v) is 5.04. The molecule has 23 heavy (non-hydrogen) atoms. The number of hydrogen-bond acceptors (Lipinski definition) is 5. The zero-order valence-electron chi connectivity index (χ0n) is 12.1. The van der Waals surface area contributed by atoms with Crippen LogP contribution in [0.4, 0.5) is 0 Å². The summed E-state index contributed by atoms with van der Waals surface area (Å²) in [5.74, 6) is 1.01. The van der Waals surface area contributed by atoms with E-state index in [9.17, 15) is 0 Å². The van der Waals surface area contributed by atoms with Crippen LogP contribution in [0.5, 0.6) is 11.6 Å².